The molecule has 33 heavy (non-hydrogen) atoms. The predicted octanol–water partition coefficient (Wildman–Crippen LogP) is 4.86. The van der Waals surface area contributed by atoms with Gasteiger partial charge in [0, 0.05) is 34.8 Å². The fourth-order valence-electron chi connectivity index (χ4n) is 3.74. The maximum atomic E-state index is 14.3. The highest BCUT2D eigenvalue weighted by atomic mass is 19.1. The number of hydrogen-bond donors (Lipinski definition) is 3. The van der Waals surface area contributed by atoms with Gasteiger partial charge >= 0.3 is 0 Å². The van der Waals surface area contributed by atoms with Crippen LogP contribution in [0.3, 0.4) is 0 Å². The van der Waals surface area contributed by atoms with E-state index < -0.39 is 11.7 Å². The molecular weight excluding hydrogens is 425 g/mol. The minimum absolute atomic E-state index is 0.00223. The Bertz CT molecular complexity index is 1370. The summed E-state index contributed by atoms with van der Waals surface area (Å²) in [7, 11) is 0. The van der Waals surface area contributed by atoms with Crippen LogP contribution in [0.1, 0.15) is 22.3 Å². The van der Waals surface area contributed by atoms with Crippen LogP contribution in [0.15, 0.2) is 66.9 Å². The number of hydrogen-bond acceptors (Lipinski definition) is 4. The molecule has 1 aromatic heterocycles. The van der Waals surface area contributed by atoms with E-state index in [4.69, 9.17) is 9.47 Å². The summed E-state index contributed by atoms with van der Waals surface area (Å²) in [5.41, 5.74) is 2.75. The Labute approximate surface area is 188 Å². The lowest BCUT2D eigenvalue weighted by molar-refractivity contribution is -0.116. The van der Waals surface area contributed by atoms with Gasteiger partial charge in [-0.15, -0.1) is 0 Å². The van der Waals surface area contributed by atoms with Crippen LogP contribution in [0.2, 0.25) is 0 Å². The Morgan fingerprint density at radius 1 is 0.970 bits per heavy atom. The van der Waals surface area contributed by atoms with Crippen molar-refractivity contribution in [2.75, 3.05) is 17.4 Å². The summed E-state index contributed by atoms with van der Waals surface area (Å²) < 4.78 is 24.8. The van der Waals surface area contributed by atoms with Gasteiger partial charge < -0.3 is 25.1 Å². The maximum Gasteiger partial charge on any atom is 0.255 e. The van der Waals surface area contributed by atoms with Gasteiger partial charge in [-0.2, -0.15) is 0 Å². The standard InChI is InChI=1S/C25H20FN3O4/c26-19-8-7-17(28-25(31)15-5-9-22-23(11-15)33-14-32-22)12-21(19)29-24(30)10-6-16-13-27-20-4-2-1-3-18(16)20/h1-5,7-9,11-13,27H,6,10,14H2,(H,28,31)(H,29,30). The third-order valence-corrected chi connectivity index (χ3v) is 5.43. The molecule has 8 heteroatoms. The Morgan fingerprint density at radius 2 is 1.82 bits per heavy atom. The fraction of sp³-hybridized carbons (Fsp3) is 0.120. The Balaban J connectivity index is 1.23. The molecule has 0 saturated carbocycles. The number of halogens is 1. The van der Waals surface area contributed by atoms with Crippen molar-refractivity contribution >= 4 is 34.1 Å². The normalized spacial score (nSPS) is 12.0. The average Bonchev–Trinajstić information content (AvgIpc) is 3.46. The number of aromatic nitrogens is 1. The molecule has 0 aliphatic carbocycles. The molecule has 1 aliphatic heterocycles. The van der Waals surface area contributed by atoms with Gasteiger partial charge in [0.05, 0.1) is 5.69 Å². The zero-order chi connectivity index (χ0) is 22.8. The van der Waals surface area contributed by atoms with Crippen molar-refractivity contribution in [3.8, 4) is 11.5 Å². The van der Waals surface area contributed by atoms with E-state index in [-0.39, 0.29) is 24.8 Å². The van der Waals surface area contributed by atoms with Crippen LogP contribution in [0.25, 0.3) is 10.9 Å². The van der Waals surface area contributed by atoms with Crippen molar-refractivity contribution in [3.05, 3.63) is 83.8 Å². The van der Waals surface area contributed by atoms with Crippen molar-refractivity contribution in [3.63, 3.8) is 0 Å². The lowest BCUT2D eigenvalue weighted by Gasteiger charge is -2.10. The summed E-state index contributed by atoms with van der Waals surface area (Å²) in [5, 5.41) is 6.36. The number of anilines is 2. The molecule has 166 valence electrons. The van der Waals surface area contributed by atoms with Crippen LogP contribution in [0.4, 0.5) is 15.8 Å². The van der Waals surface area contributed by atoms with E-state index in [9.17, 15) is 14.0 Å². The van der Waals surface area contributed by atoms with Gasteiger partial charge in [-0.05, 0) is 54.4 Å². The first-order valence-electron chi connectivity index (χ1n) is 10.4. The molecule has 0 fully saturated rings. The number of ether oxygens (including phenoxy) is 2. The molecule has 7 nitrogen and oxygen atoms in total. The summed E-state index contributed by atoms with van der Waals surface area (Å²) in [4.78, 5) is 28.2. The molecule has 0 bridgehead atoms. The van der Waals surface area contributed by atoms with Crippen molar-refractivity contribution in [2.24, 2.45) is 0 Å². The zero-order valence-electron chi connectivity index (χ0n) is 17.5. The van der Waals surface area contributed by atoms with Crippen LogP contribution >= 0.6 is 0 Å². The first-order valence-corrected chi connectivity index (χ1v) is 10.4. The van der Waals surface area contributed by atoms with E-state index in [2.05, 4.69) is 15.6 Å². The lowest BCUT2D eigenvalue weighted by atomic mass is 10.1. The second kappa shape index (κ2) is 8.66. The molecule has 2 heterocycles. The van der Waals surface area contributed by atoms with Crippen LogP contribution < -0.4 is 20.1 Å². The smallest absolute Gasteiger partial charge is 0.255 e. The molecule has 0 saturated heterocycles. The number of H-pyrrole nitrogens is 1. The van der Waals surface area contributed by atoms with E-state index in [0.29, 0.717) is 29.2 Å². The topological polar surface area (TPSA) is 92.5 Å². The zero-order valence-corrected chi connectivity index (χ0v) is 17.5. The van der Waals surface area contributed by atoms with Gasteiger partial charge in [-0.1, -0.05) is 18.2 Å². The fourth-order valence-corrected chi connectivity index (χ4v) is 3.74. The predicted molar refractivity (Wildman–Crippen MR) is 122 cm³/mol. The molecule has 3 aromatic carbocycles. The lowest BCUT2D eigenvalue weighted by Crippen LogP contribution is -2.15. The Kier molecular flexibility index (Phi) is 5.40. The third-order valence-electron chi connectivity index (χ3n) is 5.43. The van der Waals surface area contributed by atoms with E-state index in [1.165, 1.54) is 18.2 Å². The number of para-hydroxylation sites is 1. The average molecular weight is 445 g/mol. The SMILES string of the molecule is O=C(CCc1c[nH]c2ccccc12)Nc1cc(NC(=O)c2ccc3c(c2)OCO3)ccc1F. The number of aromatic amines is 1. The molecule has 0 unspecified atom stereocenters. The number of amides is 2. The van der Waals surface area contributed by atoms with E-state index in [0.717, 1.165) is 16.5 Å². The van der Waals surface area contributed by atoms with Gasteiger partial charge in [0.2, 0.25) is 12.7 Å². The van der Waals surface area contributed by atoms with Gasteiger partial charge in [0.1, 0.15) is 5.82 Å². The number of benzene rings is 3. The first-order chi connectivity index (χ1) is 16.1. The quantitative estimate of drug-likeness (QED) is 0.395. The number of carbonyl (C=O) groups excluding carboxylic acids is 2. The molecule has 0 atom stereocenters. The van der Waals surface area contributed by atoms with Crippen LogP contribution in [-0.4, -0.2) is 23.6 Å². The van der Waals surface area contributed by atoms with Crippen molar-refractivity contribution in [1.29, 1.82) is 0 Å². The van der Waals surface area contributed by atoms with Crippen molar-refractivity contribution in [1.82, 2.24) is 4.98 Å². The third kappa shape index (κ3) is 4.36. The Hall–Kier alpha value is -4.33. The monoisotopic (exact) mass is 445 g/mol. The molecule has 3 N–H and O–H groups in total. The molecule has 4 aromatic rings. The van der Waals surface area contributed by atoms with Crippen LogP contribution in [0, 0.1) is 5.82 Å². The summed E-state index contributed by atoms with van der Waals surface area (Å²) >= 11 is 0. The van der Waals surface area contributed by atoms with E-state index in [1.807, 2.05) is 30.5 Å². The summed E-state index contributed by atoms with van der Waals surface area (Å²) in [6.45, 7) is 0.113. The van der Waals surface area contributed by atoms with Gasteiger partial charge in [-0.25, -0.2) is 4.39 Å². The number of rotatable bonds is 6. The first kappa shape index (κ1) is 20.6. The highest BCUT2D eigenvalue weighted by molar-refractivity contribution is 6.05. The summed E-state index contributed by atoms with van der Waals surface area (Å²) in [6, 6.07) is 16.7. The maximum absolute atomic E-state index is 14.3. The highest BCUT2D eigenvalue weighted by Gasteiger charge is 2.17. The molecule has 1 aliphatic rings. The van der Waals surface area contributed by atoms with E-state index in [1.54, 1.807) is 18.2 Å². The molecule has 0 spiro atoms. The number of carbonyl (C=O) groups is 2. The van der Waals surface area contributed by atoms with Gasteiger partial charge in [0.15, 0.2) is 11.5 Å². The molecule has 5 rings (SSSR count). The van der Waals surface area contributed by atoms with Crippen molar-refractivity contribution < 1.29 is 23.5 Å². The second-order valence-electron chi connectivity index (χ2n) is 7.62. The minimum Gasteiger partial charge on any atom is -0.454 e. The molecular formula is C25H20FN3O4. The number of nitrogens with one attached hydrogen (secondary N) is 3. The summed E-state index contributed by atoms with van der Waals surface area (Å²) in [5.74, 6) is -0.234. The minimum atomic E-state index is -0.587. The van der Waals surface area contributed by atoms with Crippen LogP contribution in [0.5, 0.6) is 11.5 Å². The number of fused-ring (bicyclic) bond motifs is 2. The highest BCUT2D eigenvalue weighted by Crippen LogP contribution is 2.32. The van der Waals surface area contributed by atoms with Gasteiger partial charge in [-0.3, -0.25) is 9.59 Å². The van der Waals surface area contributed by atoms with Gasteiger partial charge in [0.25, 0.3) is 5.91 Å². The second-order valence-corrected chi connectivity index (χ2v) is 7.62. The summed E-state index contributed by atoms with van der Waals surface area (Å²) in [6.07, 6.45) is 2.58. The molecule has 2 amide bonds. The molecule has 0 radical (unpaired) electrons. The van der Waals surface area contributed by atoms with Crippen LogP contribution in [-0.2, 0) is 11.2 Å². The Morgan fingerprint density at radius 3 is 2.73 bits per heavy atom. The number of aryl methyl sites for hydroxylation is 1. The van der Waals surface area contributed by atoms with E-state index >= 15 is 0 Å². The van der Waals surface area contributed by atoms with Crippen molar-refractivity contribution in [2.45, 2.75) is 12.8 Å². The largest absolute Gasteiger partial charge is 0.454 e.